The topological polar surface area (TPSA) is 46.2 Å². The number of hydrogen-bond donors (Lipinski definition) is 1. The van der Waals surface area contributed by atoms with Crippen LogP contribution in [-0.2, 0) is 4.79 Å². The maximum absolute atomic E-state index is 12.2. The standard InChI is InChI=1S/C20H22BrNO2/c1-13-7-8-17(11-14(13)2)19(23)9-10-20(24)22-15(3)16-5-4-6-18(21)12-16/h4-8,11-12,15H,9-10H2,1-3H3,(H,22,24)/t15-/m1/s1. The highest BCUT2D eigenvalue weighted by molar-refractivity contribution is 9.10. The summed E-state index contributed by atoms with van der Waals surface area (Å²) in [5.74, 6) is -0.108. The molecule has 2 aromatic carbocycles. The quantitative estimate of drug-likeness (QED) is 0.715. The first-order chi connectivity index (χ1) is 11.4. The monoisotopic (exact) mass is 387 g/mol. The molecular formula is C20H22BrNO2. The van der Waals surface area contributed by atoms with Gasteiger partial charge < -0.3 is 5.32 Å². The summed E-state index contributed by atoms with van der Waals surface area (Å²) in [5, 5.41) is 2.94. The highest BCUT2D eigenvalue weighted by atomic mass is 79.9. The van der Waals surface area contributed by atoms with E-state index < -0.39 is 0 Å². The van der Waals surface area contributed by atoms with Gasteiger partial charge in [-0.2, -0.15) is 0 Å². The van der Waals surface area contributed by atoms with E-state index in [0.29, 0.717) is 5.56 Å². The lowest BCUT2D eigenvalue weighted by molar-refractivity contribution is -0.121. The van der Waals surface area contributed by atoms with Gasteiger partial charge in [0.2, 0.25) is 5.91 Å². The van der Waals surface area contributed by atoms with Crippen LogP contribution in [0.3, 0.4) is 0 Å². The summed E-state index contributed by atoms with van der Waals surface area (Å²) in [6.45, 7) is 5.93. The molecule has 1 atom stereocenters. The van der Waals surface area contributed by atoms with Crippen molar-refractivity contribution < 1.29 is 9.59 Å². The summed E-state index contributed by atoms with van der Waals surface area (Å²) < 4.78 is 0.978. The molecule has 0 spiro atoms. The zero-order valence-electron chi connectivity index (χ0n) is 14.2. The summed E-state index contributed by atoms with van der Waals surface area (Å²) >= 11 is 3.43. The molecular weight excluding hydrogens is 366 g/mol. The van der Waals surface area contributed by atoms with Crippen LogP contribution in [0.2, 0.25) is 0 Å². The van der Waals surface area contributed by atoms with Gasteiger partial charge >= 0.3 is 0 Å². The van der Waals surface area contributed by atoms with Crippen LogP contribution in [0.15, 0.2) is 46.9 Å². The second-order valence-corrected chi connectivity index (χ2v) is 6.98. The fraction of sp³-hybridized carbons (Fsp3) is 0.300. The van der Waals surface area contributed by atoms with E-state index in [2.05, 4.69) is 21.2 Å². The Labute approximate surface area is 151 Å². The van der Waals surface area contributed by atoms with Crippen LogP contribution in [0.4, 0.5) is 0 Å². The zero-order chi connectivity index (χ0) is 17.7. The maximum atomic E-state index is 12.2. The fourth-order valence-electron chi connectivity index (χ4n) is 2.46. The molecule has 1 amide bonds. The molecule has 4 heteroatoms. The molecule has 1 N–H and O–H groups in total. The smallest absolute Gasteiger partial charge is 0.220 e. The van der Waals surface area contributed by atoms with E-state index in [4.69, 9.17) is 0 Å². The molecule has 2 aromatic rings. The summed E-state index contributed by atoms with van der Waals surface area (Å²) in [7, 11) is 0. The molecule has 0 saturated heterocycles. The van der Waals surface area contributed by atoms with Gasteiger partial charge in [-0.25, -0.2) is 0 Å². The molecule has 0 unspecified atom stereocenters. The van der Waals surface area contributed by atoms with Crippen molar-refractivity contribution in [2.75, 3.05) is 0 Å². The highest BCUT2D eigenvalue weighted by Gasteiger charge is 2.13. The number of benzene rings is 2. The Balaban J connectivity index is 1.88. The maximum Gasteiger partial charge on any atom is 0.220 e. The molecule has 0 aliphatic carbocycles. The molecule has 2 rings (SSSR count). The van der Waals surface area contributed by atoms with Crippen molar-refractivity contribution in [2.24, 2.45) is 0 Å². The number of amides is 1. The van der Waals surface area contributed by atoms with Crippen LogP contribution in [0, 0.1) is 13.8 Å². The van der Waals surface area contributed by atoms with E-state index >= 15 is 0 Å². The zero-order valence-corrected chi connectivity index (χ0v) is 15.8. The normalized spacial score (nSPS) is 11.8. The van der Waals surface area contributed by atoms with E-state index in [0.717, 1.165) is 21.2 Å². The average molecular weight is 388 g/mol. The van der Waals surface area contributed by atoms with Crippen molar-refractivity contribution in [1.82, 2.24) is 5.32 Å². The van der Waals surface area contributed by atoms with E-state index in [1.807, 2.05) is 63.2 Å². The minimum atomic E-state index is -0.111. The number of carbonyl (C=O) groups excluding carboxylic acids is 2. The third-order valence-electron chi connectivity index (χ3n) is 4.13. The van der Waals surface area contributed by atoms with Gasteiger partial charge in [0.25, 0.3) is 0 Å². The molecule has 126 valence electrons. The molecule has 24 heavy (non-hydrogen) atoms. The molecule has 0 aromatic heterocycles. The lowest BCUT2D eigenvalue weighted by Crippen LogP contribution is -2.27. The first-order valence-electron chi connectivity index (χ1n) is 8.02. The Morgan fingerprint density at radius 1 is 1.04 bits per heavy atom. The van der Waals surface area contributed by atoms with Gasteiger partial charge in [-0.1, -0.05) is 40.2 Å². The van der Waals surface area contributed by atoms with Crippen molar-refractivity contribution >= 4 is 27.6 Å². The van der Waals surface area contributed by atoms with Crippen LogP contribution in [0.25, 0.3) is 0 Å². The second-order valence-electron chi connectivity index (χ2n) is 6.07. The number of ketones is 1. The Morgan fingerprint density at radius 3 is 2.46 bits per heavy atom. The summed E-state index contributed by atoms with van der Waals surface area (Å²) in [5.41, 5.74) is 3.95. The molecule has 0 heterocycles. The number of nitrogens with one attached hydrogen (secondary N) is 1. The molecule has 0 aliphatic heterocycles. The van der Waals surface area contributed by atoms with Crippen molar-refractivity contribution in [3.05, 3.63) is 69.2 Å². The van der Waals surface area contributed by atoms with E-state index in [1.54, 1.807) is 0 Å². The number of carbonyl (C=O) groups is 2. The van der Waals surface area contributed by atoms with Gasteiger partial charge in [-0.05, 0) is 55.7 Å². The van der Waals surface area contributed by atoms with Crippen LogP contribution in [-0.4, -0.2) is 11.7 Å². The van der Waals surface area contributed by atoms with Gasteiger partial charge in [0, 0.05) is 22.9 Å². The van der Waals surface area contributed by atoms with Crippen LogP contribution in [0.1, 0.15) is 52.9 Å². The first kappa shape index (κ1) is 18.4. The molecule has 0 fully saturated rings. The van der Waals surface area contributed by atoms with Gasteiger partial charge in [0.1, 0.15) is 0 Å². The fourth-order valence-corrected chi connectivity index (χ4v) is 2.88. The average Bonchev–Trinajstić information content (AvgIpc) is 2.55. The van der Waals surface area contributed by atoms with Crippen LogP contribution >= 0.6 is 15.9 Å². The third kappa shape index (κ3) is 5.03. The Hall–Kier alpha value is -1.94. The van der Waals surface area contributed by atoms with Gasteiger partial charge in [0.15, 0.2) is 5.78 Å². The lowest BCUT2D eigenvalue weighted by Gasteiger charge is -2.14. The second kappa shape index (κ2) is 8.25. The Morgan fingerprint density at radius 2 is 1.79 bits per heavy atom. The summed E-state index contributed by atoms with van der Waals surface area (Å²) in [6, 6.07) is 13.4. The van der Waals surface area contributed by atoms with Crippen molar-refractivity contribution in [3.8, 4) is 0 Å². The van der Waals surface area contributed by atoms with Crippen molar-refractivity contribution in [2.45, 2.75) is 39.7 Å². The minimum Gasteiger partial charge on any atom is -0.350 e. The Kier molecular flexibility index (Phi) is 6.32. The molecule has 0 bridgehead atoms. The highest BCUT2D eigenvalue weighted by Crippen LogP contribution is 2.18. The predicted octanol–water partition coefficient (Wildman–Crippen LogP) is 4.91. The third-order valence-corrected chi connectivity index (χ3v) is 4.63. The number of Topliss-reactive ketones (excluding diaryl/α,β-unsaturated/α-hetero) is 1. The summed E-state index contributed by atoms with van der Waals surface area (Å²) in [6.07, 6.45) is 0.420. The number of aryl methyl sites for hydroxylation is 2. The van der Waals surface area contributed by atoms with Crippen LogP contribution in [0.5, 0.6) is 0 Å². The van der Waals surface area contributed by atoms with E-state index in [9.17, 15) is 9.59 Å². The van der Waals surface area contributed by atoms with E-state index in [-0.39, 0.29) is 30.6 Å². The van der Waals surface area contributed by atoms with Gasteiger partial charge in [-0.15, -0.1) is 0 Å². The SMILES string of the molecule is Cc1ccc(C(=O)CCC(=O)N[C@H](C)c2cccc(Br)c2)cc1C. The first-order valence-corrected chi connectivity index (χ1v) is 8.81. The number of halogens is 1. The molecule has 3 nitrogen and oxygen atoms in total. The largest absolute Gasteiger partial charge is 0.350 e. The Bertz CT molecular complexity index is 755. The predicted molar refractivity (Wildman–Crippen MR) is 100 cm³/mol. The lowest BCUT2D eigenvalue weighted by atomic mass is 10.0. The van der Waals surface area contributed by atoms with Crippen LogP contribution < -0.4 is 5.32 Å². The van der Waals surface area contributed by atoms with Gasteiger partial charge in [0.05, 0.1) is 6.04 Å². The molecule has 0 saturated carbocycles. The summed E-state index contributed by atoms with van der Waals surface area (Å²) in [4.78, 5) is 24.3. The van der Waals surface area contributed by atoms with E-state index in [1.165, 1.54) is 0 Å². The minimum absolute atomic E-state index is 0.00311. The molecule has 0 radical (unpaired) electrons. The number of hydrogen-bond acceptors (Lipinski definition) is 2. The number of rotatable bonds is 6. The van der Waals surface area contributed by atoms with Crippen molar-refractivity contribution in [1.29, 1.82) is 0 Å². The molecule has 0 aliphatic rings. The van der Waals surface area contributed by atoms with Crippen molar-refractivity contribution in [3.63, 3.8) is 0 Å². The van der Waals surface area contributed by atoms with Gasteiger partial charge in [-0.3, -0.25) is 9.59 Å².